The number of hydrogen-bond donors (Lipinski definition) is 0. The smallest absolute Gasteiger partial charge is 0.151 e. The van der Waals surface area contributed by atoms with Gasteiger partial charge < -0.3 is 4.74 Å². The number of benzene rings is 1. The number of nitrogens with zero attached hydrogens (tertiary/aromatic N) is 1. The van der Waals surface area contributed by atoms with Gasteiger partial charge in [-0.1, -0.05) is 0 Å². The van der Waals surface area contributed by atoms with Gasteiger partial charge in [-0.2, -0.15) is 0 Å². The lowest BCUT2D eigenvalue weighted by molar-refractivity contribution is -0.121. The second-order valence-electron chi connectivity index (χ2n) is 3.86. The first kappa shape index (κ1) is 12.6. The van der Waals surface area contributed by atoms with Crippen LogP contribution in [0, 0.1) is 5.82 Å². The average molecular weight is 225 g/mol. The van der Waals surface area contributed by atoms with Crippen molar-refractivity contribution in [2.75, 3.05) is 21.2 Å². The van der Waals surface area contributed by atoms with Crippen LogP contribution in [0.2, 0.25) is 0 Å². The standard InChI is InChI=1S/C12H16FNO2/c1-8(15)12(14(2)3)10-7-9(13)5-6-11(10)16-4/h5-7,12H,1-4H3. The number of ketones is 1. The van der Waals surface area contributed by atoms with Crippen molar-refractivity contribution in [3.05, 3.63) is 29.6 Å². The van der Waals surface area contributed by atoms with Gasteiger partial charge in [0.2, 0.25) is 0 Å². The van der Waals surface area contributed by atoms with Crippen LogP contribution in [0.5, 0.6) is 5.75 Å². The molecule has 0 aliphatic heterocycles. The Bertz CT molecular complexity index is 391. The van der Waals surface area contributed by atoms with Crippen LogP contribution in [0.25, 0.3) is 0 Å². The van der Waals surface area contributed by atoms with E-state index >= 15 is 0 Å². The summed E-state index contributed by atoms with van der Waals surface area (Å²) >= 11 is 0. The maximum atomic E-state index is 13.2. The molecule has 0 bridgehead atoms. The monoisotopic (exact) mass is 225 g/mol. The van der Waals surface area contributed by atoms with Crippen LogP contribution < -0.4 is 4.74 Å². The Morgan fingerprint density at radius 1 is 1.44 bits per heavy atom. The molecular weight excluding hydrogens is 209 g/mol. The van der Waals surface area contributed by atoms with E-state index in [0.29, 0.717) is 11.3 Å². The van der Waals surface area contributed by atoms with E-state index in [0.717, 1.165) is 0 Å². The van der Waals surface area contributed by atoms with Crippen molar-refractivity contribution in [1.82, 2.24) is 4.90 Å². The van der Waals surface area contributed by atoms with Crippen LogP contribution in [-0.2, 0) is 4.79 Å². The lowest BCUT2D eigenvalue weighted by atomic mass is 10.0. The Morgan fingerprint density at radius 2 is 2.06 bits per heavy atom. The third kappa shape index (κ3) is 2.58. The minimum absolute atomic E-state index is 0.0473. The lowest BCUT2D eigenvalue weighted by Gasteiger charge is -2.23. The molecule has 0 N–H and O–H groups in total. The van der Waals surface area contributed by atoms with Crippen LogP contribution in [0.1, 0.15) is 18.5 Å². The zero-order valence-corrected chi connectivity index (χ0v) is 9.95. The first-order valence-electron chi connectivity index (χ1n) is 4.97. The normalized spacial score (nSPS) is 12.6. The molecule has 1 aromatic rings. The first-order chi connectivity index (χ1) is 7.47. The predicted octanol–water partition coefficient (Wildman–Crippen LogP) is 2.03. The second kappa shape index (κ2) is 5.07. The van der Waals surface area contributed by atoms with E-state index < -0.39 is 6.04 Å². The Morgan fingerprint density at radius 3 is 2.50 bits per heavy atom. The third-order valence-corrected chi connectivity index (χ3v) is 2.39. The minimum Gasteiger partial charge on any atom is -0.496 e. The fourth-order valence-corrected chi connectivity index (χ4v) is 1.78. The molecule has 1 aromatic carbocycles. The number of rotatable bonds is 4. The van der Waals surface area contributed by atoms with Crippen LogP contribution in [0.3, 0.4) is 0 Å². The third-order valence-electron chi connectivity index (χ3n) is 2.39. The van der Waals surface area contributed by atoms with E-state index in [1.54, 1.807) is 19.0 Å². The summed E-state index contributed by atoms with van der Waals surface area (Å²) < 4.78 is 18.3. The molecule has 0 amide bonds. The summed E-state index contributed by atoms with van der Waals surface area (Å²) in [6, 6.07) is 3.70. The molecule has 0 aliphatic carbocycles. The van der Waals surface area contributed by atoms with E-state index in [1.807, 2.05) is 0 Å². The van der Waals surface area contributed by atoms with Crippen LogP contribution in [-0.4, -0.2) is 31.9 Å². The van der Waals surface area contributed by atoms with E-state index in [1.165, 1.54) is 32.2 Å². The topological polar surface area (TPSA) is 29.5 Å². The number of carbonyl (C=O) groups excluding carboxylic acids is 1. The molecular formula is C12H16FNO2. The van der Waals surface area contributed by atoms with Crippen LogP contribution >= 0.6 is 0 Å². The number of likely N-dealkylation sites (N-methyl/N-ethyl adjacent to an activating group) is 1. The minimum atomic E-state index is -0.481. The zero-order chi connectivity index (χ0) is 12.3. The summed E-state index contributed by atoms with van der Waals surface area (Å²) in [4.78, 5) is 13.3. The Balaban J connectivity index is 3.26. The SMILES string of the molecule is COc1ccc(F)cc1C(C(C)=O)N(C)C. The number of Topliss-reactive ketones (excluding diaryl/α,β-unsaturated/α-hetero) is 1. The van der Waals surface area contributed by atoms with Crippen molar-refractivity contribution in [2.24, 2.45) is 0 Å². The molecule has 4 heteroatoms. The predicted molar refractivity (Wildman–Crippen MR) is 60.1 cm³/mol. The molecule has 0 saturated heterocycles. The molecule has 0 saturated carbocycles. The molecule has 0 aliphatic rings. The maximum Gasteiger partial charge on any atom is 0.151 e. The van der Waals surface area contributed by atoms with E-state index in [4.69, 9.17) is 4.74 Å². The number of hydrogen-bond acceptors (Lipinski definition) is 3. The summed E-state index contributed by atoms with van der Waals surface area (Å²) in [5, 5.41) is 0. The highest BCUT2D eigenvalue weighted by Crippen LogP contribution is 2.29. The summed E-state index contributed by atoms with van der Waals surface area (Å²) in [7, 11) is 5.05. The highest BCUT2D eigenvalue weighted by molar-refractivity contribution is 5.83. The average Bonchev–Trinajstić information content (AvgIpc) is 2.17. The van der Waals surface area contributed by atoms with Crippen LogP contribution in [0.4, 0.5) is 4.39 Å². The molecule has 0 radical (unpaired) electrons. The maximum absolute atomic E-state index is 13.2. The van der Waals surface area contributed by atoms with Crippen molar-refractivity contribution >= 4 is 5.78 Å². The summed E-state index contributed by atoms with van der Waals surface area (Å²) in [6.45, 7) is 1.48. The molecule has 1 unspecified atom stereocenters. The number of methoxy groups -OCH3 is 1. The summed E-state index contributed by atoms with van der Waals surface area (Å²) in [5.41, 5.74) is 0.556. The molecule has 0 aromatic heterocycles. The van der Waals surface area contributed by atoms with Gasteiger partial charge in [-0.15, -0.1) is 0 Å². The largest absolute Gasteiger partial charge is 0.496 e. The van der Waals surface area contributed by atoms with Gasteiger partial charge in [0.1, 0.15) is 11.6 Å². The lowest BCUT2D eigenvalue weighted by Crippen LogP contribution is -2.26. The van der Waals surface area contributed by atoms with Gasteiger partial charge in [0.15, 0.2) is 5.78 Å². The highest BCUT2D eigenvalue weighted by atomic mass is 19.1. The zero-order valence-electron chi connectivity index (χ0n) is 9.95. The highest BCUT2D eigenvalue weighted by Gasteiger charge is 2.23. The van der Waals surface area contributed by atoms with Gasteiger partial charge in [0.05, 0.1) is 13.2 Å². The first-order valence-corrected chi connectivity index (χ1v) is 4.97. The van der Waals surface area contributed by atoms with E-state index in [-0.39, 0.29) is 11.6 Å². The van der Waals surface area contributed by atoms with E-state index in [9.17, 15) is 9.18 Å². The Labute approximate surface area is 94.8 Å². The van der Waals surface area contributed by atoms with Gasteiger partial charge in [-0.3, -0.25) is 9.69 Å². The number of carbonyl (C=O) groups is 1. The summed E-state index contributed by atoms with van der Waals surface area (Å²) in [6.07, 6.45) is 0. The molecule has 0 spiro atoms. The van der Waals surface area contributed by atoms with Crippen molar-refractivity contribution in [2.45, 2.75) is 13.0 Å². The molecule has 3 nitrogen and oxygen atoms in total. The van der Waals surface area contributed by atoms with Gasteiger partial charge in [0, 0.05) is 5.56 Å². The van der Waals surface area contributed by atoms with Gasteiger partial charge >= 0.3 is 0 Å². The molecule has 88 valence electrons. The quantitative estimate of drug-likeness (QED) is 0.785. The molecule has 0 fully saturated rings. The molecule has 1 atom stereocenters. The van der Waals surface area contributed by atoms with Crippen molar-refractivity contribution < 1.29 is 13.9 Å². The molecule has 1 rings (SSSR count). The van der Waals surface area contributed by atoms with Gasteiger partial charge in [-0.05, 0) is 39.2 Å². The second-order valence-corrected chi connectivity index (χ2v) is 3.86. The summed E-state index contributed by atoms with van der Waals surface area (Å²) in [5.74, 6) is 0.105. The molecule has 16 heavy (non-hydrogen) atoms. The van der Waals surface area contributed by atoms with Crippen molar-refractivity contribution in [3.8, 4) is 5.75 Å². The number of ether oxygens (including phenoxy) is 1. The van der Waals surface area contributed by atoms with Crippen molar-refractivity contribution in [3.63, 3.8) is 0 Å². The Kier molecular flexibility index (Phi) is 4.01. The fourth-order valence-electron chi connectivity index (χ4n) is 1.78. The number of halogens is 1. The Hall–Kier alpha value is -1.42. The van der Waals surface area contributed by atoms with Crippen LogP contribution in [0.15, 0.2) is 18.2 Å². The van der Waals surface area contributed by atoms with Gasteiger partial charge in [0.25, 0.3) is 0 Å². The fraction of sp³-hybridized carbons (Fsp3) is 0.417. The molecule has 0 heterocycles. The van der Waals surface area contributed by atoms with Gasteiger partial charge in [-0.25, -0.2) is 4.39 Å². The van der Waals surface area contributed by atoms with E-state index in [2.05, 4.69) is 0 Å². The van der Waals surface area contributed by atoms with Crippen molar-refractivity contribution in [1.29, 1.82) is 0 Å².